The highest BCUT2D eigenvalue weighted by molar-refractivity contribution is 6.32. The van der Waals surface area contributed by atoms with E-state index >= 15 is 0 Å². The summed E-state index contributed by atoms with van der Waals surface area (Å²) in [5, 5.41) is 3.83. The highest BCUT2D eigenvalue weighted by Crippen LogP contribution is 2.33. The second-order valence-corrected chi connectivity index (χ2v) is 5.46. The lowest BCUT2D eigenvalue weighted by Gasteiger charge is -2.15. The summed E-state index contributed by atoms with van der Waals surface area (Å²) in [6.45, 7) is 4.99. The molecular weight excluding hydrogens is 312 g/mol. The molecule has 0 amide bonds. The summed E-state index contributed by atoms with van der Waals surface area (Å²) >= 11 is 12.0. The summed E-state index contributed by atoms with van der Waals surface area (Å²) in [5.41, 5.74) is 1.08. The highest BCUT2D eigenvalue weighted by Gasteiger charge is 2.10. The maximum Gasteiger partial charge on any atom is 0.146 e. The monoisotopic (exact) mass is 327 g/mol. The summed E-state index contributed by atoms with van der Waals surface area (Å²) in [6, 6.07) is 9.99. The third-order valence-electron chi connectivity index (χ3n) is 3.09. The summed E-state index contributed by atoms with van der Waals surface area (Å²) in [7, 11) is 0. The third-order valence-corrected chi connectivity index (χ3v) is 3.67. The van der Waals surface area contributed by atoms with Crippen LogP contribution < -0.4 is 10.1 Å². The normalized spacial score (nSPS) is 12.2. The van der Waals surface area contributed by atoms with Crippen molar-refractivity contribution in [1.82, 2.24) is 5.32 Å². The van der Waals surface area contributed by atoms with Gasteiger partial charge in [-0.2, -0.15) is 0 Å². The Morgan fingerprint density at radius 3 is 2.52 bits per heavy atom. The number of ether oxygens (including phenoxy) is 1. The molecule has 0 spiro atoms. The first-order chi connectivity index (χ1) is 10.0. The van der Waals surface area contributed by atoms with Gasteiger partial charge in [-0.25, -0.2) is 4.39 Å². The fraction of sp³-hybridized carbons (Fsp3) is 0.250. The molecule has 0 radical (unpaired) electrons. The molecule has 0 aromatic heterocycles. The van der Waals surface area contributed by atoms with Gasteiger partial charge >= 0.3 is 0 Å². The van der Waals surface area contributed by atoms with Crippen LogP contribution in [0.15, 0.2) is 36.4 Å². The summed E-state index contributed by atoms with van der Waals surface area (Å²) in [6.07, 6.45) is 0. The molecule has 21 heavy (non-hydrogen) atoms. The predicted octanol–water partition coefficient (Wildman–Crippen LogP) is 5.60. The van der Waals surface area contributed by atoms with Crippen molar-refractivity contribution in [1.29, 1.82) is 0 Å². The van der Waals surface area contributed by atoms with Gasteiger partial charge in [-0.1, -0.05) is 36.2 Å². The van der Waals surface area contributed by atoms with Gasteiger partial charge in [0.15, 0.2) is 0 Å². The average Bonchev–Trinajstić information content (AvgIpc) is 2.45. The van der Waals surface area contributed by atoms with E-state index in [4.69, 9.17) is 27.9 Å². The molecule has 2 aromatic rings. The molecule has 2 nitrogen and oxygen atoms in total. The molecule has 0 aliphatic rings. The van der Waals surface area contributed by atoms with Crippen molar-refractivity contribution in [3.05, 3.63) is 57.8 Å². The maximum atomic E-state index is 13.1. The molecule has 2 rings (SSSR count). The zero-order valence-corrected chi connectivity index (χ0v) is 13.3. The Morgan fingerprint density at radius 1 is 1.14 bits per heavy atom. The van der Waals surface area contributed by atoms with Crippen molar-refractivity contribution in [3.63, 3.8) is 0 Å². The second kappa shape index (κ2) is 7.12. The number of benzene rings is 2. The standard InChI is InChI=1S/C16H16Cl2FNO/c1-3-20-10(2)11-4-7-16(14(18)8-11)21-12-5-6-15(19)13(17)9-12/h4-10,20H,3H2,1-2H3. The Balaban J connectivity index is 2.19. The maximum absolute atomic E-state index is 13.1. The Bertz CT molecular complexity index is 634. The summed E-state index contributed by atoms with van der Waals surface area (Å²) < 4.78 is 18.7. The van der Waals surface area contributed by atoms with Crippen LogP contribution in [0.3, 0.4) is 0 Å². The van der Waals surface area contributed by atoms with E-state index in [0.29, 0.717) is 16.5 Å². The van der Waals surface area contributed by atoms with Crippen LogP contribution in [0.4, 0.5) is 4.39 Å². The van der Waals surface area contributed by atoms with E-state index in [-0.39, 0.29) is 11.1 Å². The van der Waals surface area contributed by atoms with Crippen LogP contribution in [0, 0.1) is 5.82 Å². The lowest BCUT2D eigenvalue weighted by molar-refractivity contribution is 0.480. The van der Waals surface area contributed by atoms with Gasteiger partial charge in [0.05, 0.1) is 10.0 Å². The molecule has 112 valence electrons. The van der Waals surface area contributed by atoms with Gasteiger partial charge in [0.25, 0.3) is 0 Å². The van der Waals surface area contributed by atoms with E-state index in [2.05, 4.69) is 12.2 Å². The topological polar surface area (TPSA) is 21.3 Å². The molecule has 5 heteroatoms. The number of halogens is 3. The minimum Gasteiger partial charge on any atom is -0.456 e. The molecule has 0 aliphatic heterocycles. The number of hydrogen-bond acceptors (Lipinski definition) is 2. The molecule has 0 fully saturated rings. The molecule has 0 bridgehead atoms. The first-order valence-electron chi connectivity index (χ1n) is 6.67. The van der Waals surface area contributed by atoms with Crippen LogP contribution in [-0.4, -0.2) is 6.54 Å². The van der Waals surface area contributed by atoms with E-state index in [9.17, 15) is 4.39 Å². The van der Waals surface area contributed by atoms with Crippen LogP contribution >= 0.6 is 23.2 Å². The SMILES string of the molecule is CCNC(C)c1ccc(Oc2ccc(F)c(Cl)c2)c(Cl)c1. The predicted molar refractivity (Wildman–Crippen MR) is 85.0 cm³/mol. The quantitative estimate of drug-likeness (QED) is 0.772. The highest BCUT2D eigenvalue weighted by atomic mass is 35.5. The Hall–Kier alpha value is -1.29. The second-order valence-electron chi connectivity index (χ2n) is 4.65. The third kappa shape index (κ3) is 4.10. The van der Waals surface area contributed by atoms with Gasteiger partial charge in [-0.05, 0) is 43.3 Å². The van der Waals surface area contributed by atoms with Crippen molar-refractivity contribution in [3.8, 4) is 11.5 Å². The van der Waals surface area contributed by atoms with E-state index in [1.54, 1.807) is 6.07 Å². The first kappa shape index (κ1) is 16.1. The molecule has 0 heterocycles. The molecule has 0 saturated carbocycles. The van der Waals surface area contributed by atoms with Crippen molar-refractivity contribution in [2.24, 2.45) is 0 Å². The van der Waals surface area contributed by atoms with Gasteiger partial charge < -0.3 is 10.1 Å². The van der Waals surface area contributed by atoms with Crippen LogP contribution in [0.25, 0.3) is 0 Å². The molecule has 2 aromatic carbocycles. The Labute approximate surface area is 133 Å². The van der Waals surface area contributed by atoms with Crippen LogP contribution in [-0.2, 0) is 0 Å². The van der Waals surface area contributed by atoms with E-state index < -0.39 is 5.82 Å². The number of rotatable bonds is 5. The van der Waals surface area contributed by atoms with Gasteiger partial charge in [0.1, 0.15) is 17.3 Å². The van der Waals surface area contributed by atoms with E-state index in [1.165, 1.54) is 18.2 Å². The molecule has 1 unspecified atom stereocenters. The fourth-order valence-electron chi connectivity index (χ4n) is 1.96. The van der Waals surface area contributed by atoms with Crippen molar-refractivity contribution < 1.29 is 9.13 Å². The minimum absolute atomic E-state index is 0.0148. The molecule has 1 N–H and O–H groups in total. The zero-order chi connectivity index (χ0) is 15.4. The van der Waals surface area contributed by atoms with Crippen LogP contribution in [0.5, 0.6) is 11.5 Å². The van der Waals surface area contributed by atoms with Gasteiger partial charge in [0.2, 0.25) is 0 Å². The molecule has 0 aliphatic carbocycles. The smallest absolute Gasteiger partial charge is 0.146 e. The lowest BCUT2D eigenvalue weighted by atomic mass is 10.1. The lowest BCUT2D eigenvalue weighted by Crippen LogP contribution is -2.17. The van der Waals surface area contributed by atoms with E-state index in [0.717, 1.165) is 12.1 Å². The largest absolute Gasteiger partial charge is 0.456 e. The fourth-order valence-corrected chi connectivity index (χ4v) is 2.36. The van der Waals surface area contributed by atoms with Gasteiger partial charge in [-0.15, -0.1) is 0 Å². The van der Waals surface area contributed by atoms with Crippen LogP contribution in [0.1, 0.15) is 25.5 Å². The Kier molecular flexibility index (Phi) is 5.45. The summed E-state index contributed by atoms with van der Waals surface area (Å²) in [5.74, 6) is 0.465. The molecular formula is C16H16Cl2FNO. The Morgan fingerprint density at radius 2 is 1.90 bits per heavy atom. The summed E-state index contributed by atoms with van der Waals surface area (Å²) in [4.78, 5) is 0. The van der Waals surface area contributed by atoms with E-state index in [1.807, 2.05) is 19.1 Å². The van der Waals surface area contributed by atoms with Gasteiger partial charge in [0, 0.05) is 12.1 Å². The van der Waals surface area contributed by atoms with Crippen molar-refractivity contribution in [2.45, 2.75) is 19.9 Å². The average molecular weight is 328 g/mol. The minimum atomic E-state index is -0.482. The van der Waals surface area contributed by atoms with Crippen LogP contribution in [0.2, 0.25) is 10.0 Å². The first-order valence-corrected chi connectivity index (χ1v) is 7.42. The molecule has 0 saturated heterocycles. The number of hydrogen-bond donors (Lipinski definition) is 1. The van der Waals surface area contributed by atoms with Crippen molar-refractivity contribution >= 4 is 23.2 Å². The van der Waals surface area contributed by atoms with Crippen molar-refractivity contribution in [2.75, 3.05) is 6.54 Å². The molecule has 1 atom stereocenters. The zero-order valence-electron chi connectivity index (χ0n) is 11.8. The van der Waals surface area contributed by atoms with Gasteiger partial charge in [-0.3, -0.25) is 0 Å². The number of nitrogens with one attached hydrogen (secondary N) is 1.